The van der Waals surface area contributed by atoms with Gasteiger partial charge in [0.15, 0.2) is 6.61 Å². The van der Waals surface area contributed by atoms with E-state index in [0.717, 1.165) is 13.8 Å². The van der Waals surface area contributed by atoms with Crippen LogP contribution in [-0.4, -0.2) is 18.7 Å². The second-order valence-electron chi connectivity index (χ2n) is 6.57. The molecule has 0 bridgehead atoms. The van der Waals surface area contributed by atoms with E-state index in [-0.39, 0.29) is 30.2 Å². The maximum absolute atomic E-state index is 13.3. The number of carbonyl (C=O) groups is 1. The summed E-state index contributed by atoms with van der Waals surface area (Å²) < 4.78 is 57.7. The molecule has 0 aliphatic rings. The number of hydrogen-bond donors (Lipinski definition) is 2. The third kappa shape index (κ3) is 5.12. The SMILES string of the molecule is CC(C)(c1ccc(OCC(=O)NCc2ccc(N)c(F)c2)cc1)C(F)(F)F. The molecule has 2 aromatic rings. The molecule has 27 heavy (non-hydrogen) atoms. The van der Waals surface area contributed by atoms with Crippen LogP contribution in [0.3, 0.4) is 0 Å². The van der Waals surface area contributed by atoms with Gasteiger partial charge in [0.05, 0.1) is 11.1 Å². The van der Waals surface area contributed by atoms with Crippen LogP contribution in [0.1, 0.15) is 25.0 Å². The lowest BCUT2D eigenvalue weighted by Crippen LogP contribution is -2.36. The molecule has 0 fully saturated rings. The first-order valence-electron chi connectivity index (χ1n) is 8.11. The van der Waals surface area contributed by atoms with Gasteiger partial charge in [0, 0.05) is 6.54 Å². The third-order valence-electron chi connectivity index (χ3n) is 4.21. The van der Waals surface area contributed by atoms with Crippen LogP contribution in [0.15, 0.2) is 42.5 Å². The zero-order valence-electron chi connectivity index (χ0n) is 14.9. The lowest BCUT2D eigenvalue weighted by molar-refractivity contribution is -0.180. The molecular weight excluding hydrogens is 364 g/mol. The standard InChI is InChI=1S/C19H20F4N2O2/c1-18(2,19(21,22)23)13-4-6-14(7-5-13)27-11-17(26)25-10-12-3-8-16(24)15(20)9-12/h3-9H,10-11,24H2,1-2H3,(H,25,26). The number of carbonyl (C=O) groups excluding carboxylic acids is 1. The van der Waals surface area contributed by atoms with Crippen LogP contribution in [-0.2, 0) is 16.8 Å². The Hall–Kier alpha value is -2.77. The largest absolute Gasteiger partial charge is 0.484 e. The molecule has 0 saturated carbocycles. The van der Waals surface area contributed by atoms with Crippen LogP contribution in [0.2, 0.25) is 0 Å². The number of halogens is 4. The average molecular weight is 384 g/mol. The van der Waals surface area contributed by atoms with Crippen molar-refractivity contribution >= 4 is 11.6 Å². The van der Waals surface area contributed by atoms with Crippen molar-refractivity contribution < 1.29 is 27.1 Å². The highest BCUT2D eigenvalue weighted by Gasteiger charge is 2.48. The fourth-order valence-corrected chi connectivity index (χ4v) is 2.21. The van der Waals surface area contributed by atoms with Crippen molar-refractivity contribution in [3.05, 3.63) is 59.4 Å². The Bertz CT molecular complexity index is 802. The molecule has 3 N–H and O–H groups in total. The topological polar surface area (TPSA) is 64.3 Å². The van der Waals surface area contributed by atoms with Crippen molar-refractivity contribution in [2.45, 2.75) is 32.0 Å². The van der Waals surface area contributed by atoms with Crippen LogP contribution in [0, 0.1) is 5.82 Å². The van der Waals surface area contributed by atoms with Gasteiger partial charge in [0.25, 0.3) is 5.91 Å². The summed E-state index contributed by atoms with van der Waals surface area (Å²) in [6.45, 7) is 1.96. The summed E-state index contributed by atoms with van der Waals surface area (Å²) in [6, 6.07) is 9.60. The third-order valence-corrected chi connectivity index (χ3v) is 4.21. The van der Waals surface area contributed by atoms with E-state index in [2.05, 4.69) is 5.32 Å². The van der Waals surface area contributed by atoms with Crippen molar-refractivity contribution in [3.8, 4) is 5.75 Å². The van der Waals surface area contributed by atoms with Gasteiger partial charge in [0.2, 0.25) is 0 Å². The number of amides is 1. The number of ether oxygens (including phenoxy) is 1. The number of alkyl halides is 3. The molecule has 0 radical (unpaired) electrons. The van der Waals surface area contributed by atoms with Crippen molar-refractivity contribution in [3.63, 3.8) is 0 Å². The molecule has 0 atom stereocenters. The van der Waals surface area contributed by atoms with Crippen molar-refractivity contribution in [2.75, 3.05) is 12.3 Å². The summed E-state index contributed by atoms with van der Waals surface area (Å²) in [5.74, 6) is -0.753. The van der Waals surface area contributed by atoms with E-state index in [1.54, 1.807) is 6.07 Å². The predicted molar refractivity (Wildman–Crippen MR) is 93.7 cm³/mol. The molecule has 0 heterocycles. The van der Waals surface area contributed by atoms with Gasteiger partial charge in [-0.25, -0.2) is 4.39 Å². The van der Waals surface area contributed by atoms with Gasteiger partial charge in [-0.2, -0.15) is 13.2 Å². The maximum atomic E-state index is 13.3. The molecule has 8 heteroatoms. The number of hydrogen-bond acceptors (Lipinski definition) is 3. The van der Waals surface area contributed by atoms with Crippen LogP contribution in [0.5, 0.6) is 5.75 Å². The molecule has 146 valence electrons. The first-order valence-corrected chi connectivity index (χ1v) is 8.11. The number of rotatable bonds is 6. The fourth-order valence-electron chi connectivity index (χ4n) is 2.21. The van der Waals surface area contributed by atoms with Gasteiger partial charge in [-0.3, -0.25) is 4.79 Å². The first-order chi connectivity index (χ1) is 12.5. The molecule has 2 aromatic carbocycles. The molecule has 1 amide bonds. The molecule has 0 aromatic heterocycles. The second-order valence-corrected chi connectivity index (χ2v) is 6.57. The highest BCUT2D eigenvalue weighted by molar-refractivity contribution is 5.77. The highest BCUT2D eigenvalue weighted by Crippen LogP contribution is 2.40. The smallest absolute Gasteiger partial charge is 0.397 e. The zero-order chi connectivity index (χ0) is 20.2. The number of nitrogens with two attached hydrogens (primary N) is 1. The Morgan fingerprint density at radius 1 is 1.11 bits per heavy atom. The van der Waals surface area contributed by atoms with E-state index >= 15 is 0 Å². The lowest BCUT2D eigenvalue weighted by Gasteiger charge is -2.28. The predicted octanol–water partition coefficient (Wildman–Crippen LogP) is 3.94. The van der Waals surface area contributed by atoms with Gasteiger partial charge in [-0.05, 0) is 49.2 Å². The van der Waals surface area contributed by atoms with E-state index < -0.39 is 23.3 Å². The van der Waals surface area contributed by atoms with Crippen molar-refractivity contribution in [1.29, 1.82) is 0 Å². The van der Waals surface area contributed by atoms with Gasteiger partial charge < -0.3 is 15.8 Å². The molecule has 0 saturated heterocycles. The summed E-state index contributed by atoms with van der Waals surface area (Å²) in [6.07, 6.45) is -4.38. The van der Waals surface area contributed by atoms with Gasteiger partial charge >= 0.3 is 6.18 Å². The van der Waals surface area contributed by atoms with E-state index in [1.165, 1.54) is 36.4 Å². The minimum atomic E-state index is -4.38. The Kier molecular flexibility index (Phi) is 5.98. The van der Waals surface area contributed by atoms with Crippen molar-refractivity contribution in [1.82, 2.24) is 5.32 Å². The average Bonchev–Trinajstić information content (AvgIpc) is 2.60. The maximum Gasteiger partial charge on any atom is 0.397 e. The first kappa shape index (κ1) is 20.5. The monoisotopic (exact) mass is 384 g/mol. The molecular formula is C19H20F4N2O2. The number of nitrogens with one attached hydrogen (secondary N) is 1. The fraction of sp³-hybridized carbons (Fsp3) is 0.316. The lowest BCUT2D eigenvalue weighted by atomic mass is 9.84. The van der Waals surface area contributed by atoms with Gasteiger partial charge in [-0.1, -0.05) is 18.2 Å². The molecule has 0 unspecified atom stereocenters. The number of nitrogen functional groups attached to an aromatic ring is 1. The molecule has 0 aliphatic heterocycles. The molecule has 2 rings (SSSR count). The molecule has 0 aliphatic carbocycles. The quantitative estimate of drug-likeness (QED) is 0.586. The zero-order valence-corrected chi connectivity index (χ0v) is 14.9. The number of benzene rings is 2. The molecule has 0 spiro atoms. The van der Waals surface area contributed by atoms with Crippen LogP contribution < -0.4 is 15.8 Å². The summed E-state index contributed by atoms with van der Waals surface area (Å²) in [5, 5.41) is 2.55. The van der Waals surface area contributed by atoms with E-state index in [0.29, 0.717) is 5.56 Å². The molecule has 4 nitrogen and oxygen atoms in total. The second kappa shape index (κ2) is 7.85. The summed E-state index contributed by atoms with van der Waals surface area (Å²) in [4.78, 5) is 11.8. The number of anilines is 1. The van der Waals surface area contributed by atoms with E-state index in [1.807, 2.05) is 0 Å². The van der Waals surface area contributed by atoms with Crippen LogP contribution in [0.4, 0.5) is 23.2 Å². The minimum absolute atomic E-state index is 0.0190. The van der Waals surface area contributed by atoms with E-state index in [4.69, 9.17) is 10.5 Å². The normalized spacial score (nSPS) is 11.9. The summed E-state index contributed by atoms with van der Waals surface area (Å²) in [5.41, 5.74) is 4.03. The summed E-state index contributed by atoms with van der Waals surface area (Å²) in [7, 11) is 0. The Labute approximate surface area is 154 Å². The van der Waals surface area contributed by atoms with Crippen LogP contribution in [0.25, 0.3) is 0 Å². The Balaban J connectivity index is 1.87. The minimum Gasteiger partial charge on any atom is -0.484 e. The summed E-state index contributed by atoms with van der Waals surface area (Å²) >= 11 is 0. The van der Waals surface area contributed by atoms with Crippen molar-refractivity contribution in [2.24, 2.45) is 0 Å². The Morgan fingerprint density at radius 3 is 2.30 bits per heavy atom. The van der Waals surface area contributed by atoms with E-state index in [9.17, 15) is 22.4 Å². The van der Waals surface area contributed by atoms with Crippen LogP contribution >= 0.6 is 0 Å². The van der Waals surface area contributed by atoms with Gasteiger partial charge in [-0.15, -0.1) is 0 Å². The Morgan fingerprint density at radius 2 is 1.74 bits per heavy atom. The van der Waals surface area contributed by atoms with Gasteiger partial charge in [0.1, 0.15) is 11.6 Å². The highest BCUT2D eigenvalue weighted by atomic mass is 19.4.